The summed E-state index contributed by atoms with van der Waals surface area (Å²) in [7, 11) is 1.67. The number of rotatable bonds is 9. The molecule has 0 saturated heterocycles. The molecule has 0 aliphatic carbocycles. The van der Waals surface area contributed by atoms with Gasteiger partial charge in [0.15, 0.2) is 0 Å². The highest BCUT2D eigenvalue weighted by molar-refractivity contribution is 5.75. The molecule has 0 aromatic rings. The quantitative estimate of drug-likeness (QED) is 0.563. The van der Waals surface area contributed by atoms with E-state index < -0.39 is 0 Å². The van der Waals surface area contributed by atoms with E-state index in [2.05, 4.69) is 24.5 Å². The average Bonchev–Trinajstić information content (AvgIpc) is 2.19. The Morgan fingerprint density at radius 1 is 1.27 bits per heavy atom. The van der Waals surface area contributed by atoms with Crippen LogP contribution in [0.5, 0.6) is 0 Å². The lowest BCUT2D eigenvalue weighted by Gasteiger charge is -2.08. The van der Waals surface area contributed by atoms with Crippen molar-refractivity contribution in [1.82, 2.24) is 10.6 Å². The Kier molecular flexibility index (Phi) is 9.52. The smallest absolute Gasteiger partial charge is 0.220 e. The molecule has 0 fully saturated rings. The van der Waals surface area contributed by atoms with Crippen LogP contribution in [-0.2, 0) is 9.53 Å². The van der Waals surface area contributed by atoms with E-state index in [0.717, 1.165) is 19.4 Å². The van der Waals surface area contributed by atoms with Crippen molar-refractivity contribution in [2.45, 2.75) is 39.2 Å². The van der Waals surface area contributed by atoms with E-state index in [1.54, 1.807) is 7.11 Å². The summed E-state index contributed by atoms with van der Waals surface area (Å²) >= 11 is 0. The molecule has 0 radical (unpaired) electrons. The van der Waals surface area contributed by atoms with Gasteiger partial charge in [-0.1, -0.05) is 13.8 Å². The van der Waals surface area contributed by atoms with Gasteiger partial charge < -0.3 is 15.4 Å². The van der Waals surface area contributed by atoms with Crippen LogP contribution < -0.4 is 10.6 Å². The molecule has 0 aliphatic rings. The largest absolute Gasteiger partial charge is 0.385 e. The van der Waals surface area contributed by atoms with Crippen molar-refractivity contribution in [2.75, 3.05) is 26.8 Å². The van der Waals surface area contributed by atoms with E-state index >= 15 is 0 Å². The molecule has 0 aliphatic heterocycles. The summed E-state index contributed by atoms with van der Waals surface area (Å²) in [5.41, 5.74) is 0. The number of ether oxygens (including phenoxy) is 1. The molecular formula is C11H24N2O2. The van der Waals surface area contributed by atoms with Crippen LogP contribution in [-0.4, -0.2) is 38.8 Å². The molecule has 0 bridgehead atoms. The van der Waals surface area contributed by atoms with E-state index in [-0.39, 0.29) is 5.91 Å². The third-order valence-corrected chi connectivity index (χ3v) is 1.98. The Labute approximate surface area is 92.8 Å². The van der Waals surface area contributed by atoms with Gasteiger partial charge in [0.2, 0.25) is 5.91 Å². The molecule has 0 atom stereocenters. The van der Waals surface area contributed by atoms with Crippen LogP contribution in [0.3, 0.4) is 0 Å². The van der Waals surface area contributed by atoms with E-state index in [1.165, 1.54) is 0 Å². The van der Waals surface area contributed by atoms with Gasteiger partial charge in [0.05, 0.1) is 0 Å². The molecule has 90 valence electrons. The van der Waals surface area contributed by atoms with Crippen LogP contribution >= 0.6 is 0 Å². The number of amides is 1. The summed E-state index contributed by atoms with van der Waals surface area (Å²) in [6.07, 6.45) is 2.38. The minimum Gasteiger partial charge on any atom is -0.385 e. The Morgan fingerprint density at radius 2 is 2.00 bits per heavy atom. The van der Waals surface area contributed by atoms with Crippen LogP contribution in [0.2, 0.25) is 0 Å². The highest BCUT2D eigenvalue weighted by atomic mass is 16.5. The lowest BCUT2D eigenvalue weighted by atomic mass is 10.2. The van der Waals surface area contributed by atoms with Crippen LogP contribution in [0.1, 0.15) is 33.1 Å². The lowest BCUT2D eigenvalue weighted by Crippen LogP contribution is -2.28. The fraction of sp³-hybridized carbons (Fsp3) is 0.909. The monoisotopic (exact) mass is 216 g/mol. The minimum absolute atomic E-state index is 0.136. The van der Waals surface area contributed by atoms with Crippen molar-refractivity contribution in [3.05, 3.63) is 0 Å². The third-order valence-electron chi connectivity index (χ3n) is 1.98. The summed E-state index contributed by atoms with van der Waals surface area (Å²) in [6, 6.07) is 0.495. The normalized spacial score (nSPS) is 10.7. The number of carbonyl (C=O) groups excluding carboxylic acids is 1. The van der Waals surface area contributed by atoms with Gasteiger partial charge in [0, 0.05) is 32.7 Å². The van der Waals surface area contributed by atoms with Crippen LogP contribution in [0.15, 0.2) is 0 Å². The molecule has 15 heavy (non-hydrogen) atoms. The van der Waals surface area contributed by atoms with E-state index in [1.807, 2.05) is 0 Å². The van der Waals surface area contributed by atoms with E-state index in [9.17, 15) is 4.79 Å². The second-order valence-electron chi connectivity index (χ2n) is 3.91. The van der Waals surface area contributed by atoms with E-state index in [0.29, 0.717) is 25.6 Å². The standard InChI is InChI=1S/C11H24N2O2/c1-10(2)12-7-4-6-11(14)13-8-5-9-15-3/h10,12H,4-9H2,1-3H3,(H,13,14). The molecule has 0 aromatic heterocycles. The summed E-state index contributed by atoms with van der Waals surface area (Å²) in [5, 5.41) is 6.14. The van der Waals surface area contributed by atoms with Crippen molar-refractivity contribution in [3.8, 4) is 0 Å². The number of carbonyl (C=O) groups is 1. The van der Waals surface area contributed by atoms with E-state index in [4.69, 9.17) is 4.74 Å². The highest BCUT2D eigenvalue weighted by Gasteiger charge is 2.00. The van der Waals surface area contributed by atoms with Crippen molar-refractivity contribution < 1.29 is 9.53 Å². The van der Waals surface area contributed by atoms with Gasteiger partial charge in [-0.05, 0) is 19.4 Å². The highest BCUT2D eigenvalue weighted by Crippen LogP contribution is 1.89. The molecule has 1 amide bonds. The van der Waals surface area contributed by atoms with Gasteiger partial charge in [0.25, 0.3) is 0 Å². The lowest BCUT2D eigenvalue weighted by molar-refractivity contribution is -0.121. The topological polar surface area (TPSA) is 50.4 Å². The zero-order valence-corrected chi connectivity index (χ0v) is 10.1. The predicted molar refractivity (Wildman–Crippen MR) is 61.9 cm³/mol. The molecule has 0 saturated carbocycles. The number of hydrogen-bond acceptors (Lipinski definition) is 3. The van der Waals surface area contributed by atoms with Gasteiger partial charge >= 0.3 is 0 Å². The number of hydrogen-bond donors (Lipinski definition) is 2. The molecule has 0 spiro atoms. The van der Waals surface area contributed by atoms with Crippen molar-refractivity contribution in [1.29, 1.82) is 0 Å². The van der Waals surface area contributed by atoms with Crippen molar-refractivity contribution >= 4 is 5.91 Å². The molecule has 2 N–H and O–H groups in total. The van der Waals surface area contributed by atoms with Gasteiger partial charge in [-0.3, -0.25) is 4.79 Å². The second kappa shape index (κ2) is 9.93. The van der Waals surface area contributed by atoms with Crippen LogP contribution in [0, 0.1) is 0 Å². The Bertz CT molecular complexity index is 161. The number of methoxy groups -OCH3 is 1. The fourth-order valence-electron chi connectivity index (χ4n) is 1.17. The van der Waals surface area contributed by atoms with Crippen LogP contribution in [0.4, 0.5) is 0 Å². The minimum atomic E-state index is 0.136. The Hall–Kier alpha value is -0.610. The molecule has 4 heteroatoms. The fourth-order valence-corrected chi connectivity index (χ4v) is 1.17. The number of nitrogens with one attached hydrogen (secondary N) is 2. The third kappa shape index (κ3) is 11.3. The summed E-state index contributed by atoms with van der Waals surface area (Å²) < 4.78 is 4.89. The molecule has 4 nitrogen and oxygen atoms in total. The maximum absolute atomic E-state index is 11.3. The van der Waals surface area contributed by atoms with Crippen molar-refractivity contribution in [2.24, 2.45) is 0 Å². The zero-order valence-electron chi connectivity index (χ0n) is 10.1. The molecule has 0 rings (SSSR count). The average molecular weight is 216 g/mol. The first-order valence-corrected chi connectivity index (χ1v) is 5.66. The molecule has 0 aromatic carbocycles. The van der Waals surface area contributed by atoms with Gasteiger partial charge in [0.1, 0.15) is 0 Å². The first-order valence-electron chi connectivity index (χ1n) is 5.66. The maximum Gasteiger partial charge on any atom is 0.220 e. The first-order chi connectivity index (χ1) is 7.16. The van der Waals surface area contributed by atoms with Gasteiger partial charge in [-0.25, -0.2) is 0 Å². The predicted octanol–water partition coefficient (Wildman–Crippen LogP) is 0.917. The SMILES string of the molecule is COCCCNC(=O)CCCNC(C)C. The van der Waals surface area contributed by atoms with Gasteiger partial charge in [-0.15, -0.1) is 0 Å². The Balaban J connectivity index is 3.19. The molecule has 0 heterocycles. The molecular weight excluding hydrogens is 192 g/mol. The first kappa shape index (κ1) is 14.4. The van der Waals surface area contributed by atoms with Crippen LogP contribution in [0.25, 0.3) is 0 Å². The second-order valence-corrected chi connectivity index (χ2v) is 3.91. The van der Waals surface area contributed by atoms with Gasteiger partial charge in [-0.2, -0.15) is 0 Å². The summed E-state index contributed by atoms with van der Waals surface area (Å²) in [5.74, 6) is 0.136. The Morgan fingerprint density at radius 3 is 2.60 bits per heavy atom. The zero-order chi connectivity index (χ0) is 11.5. The molecule has 0 unspecified atom stereocenters. The summed E-state index contributed by atoms with van der Waals surface area (Å²) in [4.78, 5) is 11.3. The van der Waals surface area contributed by atoms with Crippen molar-refractivity contribution in [3.63, 3.8) is 0 Å². The summed E-state index contributed by atoms with van der Waals surface area (Å²) in [6.45, 7) is 6.53. The maximum atomic E-state index is 11.3.